The van der Waals surface area contributed by atoms with Crippen LogP contribution >= 0.6 is 0 Å². The maximum Gasteiger partial charge on any atom is 0.416 e. The number of piperidine rings is 1. The Morgan fingerprint density at radius 1 is 0.976 bits per heavy atom. The van der Waals surface area contributed by atoms with Gasteiger partial charge in [0.15, 0.2) is 0 Å². The monoisotopic (exact) mass is 607 g/mol. The van der Waals surface area contributed by atoms with E-state index in [-0.39, 0.29) is 24.2 Å². The molecule has 2 fully saturated rings. The molecule has 0 saturated carbocycles. The Labute approximate surface area is 236 Å². The van der Waals surface area contributed by atoms with Crippen molar-refractivity contribution < 1.29 is 39.7 Å². The summed E-state index contributed by atoms with van der Waals surface area (Å²) in [7, 11) is 0.478. The van der Waals surface area contributed by atoms with Gasteiger partial charge in [-0.05, 0) is 73.7 Å². The van der Waals surface area contributed by atoms with E-state index in [2.05, 4.69) is 4.90 Å². The summed E-state index contributed by atoms with van der Waals surface area (Å²) in [6.07, 6.45) is -8.94. The van der Waals surface area contributed by atoms with Crippen molar-refractivity contribution in [2.24, 2.45) is 0 Å². The minimum atomic E-state index is -5.01. The van der Waals surface area contributed by atoms with Gasteiger partial charge in [0.05, 0.1) is 23.2 Å². The van der Waals surface area contributed by atoms with Crippen molar-refractivity contribution in [3.05, 3.63) is 70.0 Å². The standard InChI is InChI=1S/C28H32F7N3O2S/c1-17-12-22(29)4-5-24(17)25-16-23(37-8-10-41(40)11-9-37)6-7-38(25)26(39)36(3)18(2)19-13-20(27(30,31)32)15-21(14-19)28(33,34)35/h4-5,12-15,18,23,25H,6-11,16H2,1-3H3/t18-,23+,25-/m1/s1. The Balaban J connectivity index is 1.64. The summed E-state index contributed by atoms with van der Waals surface area (Å²) in [5.41, 5.74) is -1.86. The molecule has 2 amide bonds. The molecule has 0 aliphatic carbocycles. The van der Waals surface area contributed by atoms with Gasteiger partial charge in [-0.3, -0.25) is 9.11 Å². The van der Waals surface area contributed by atoms with Crippen molar-refractivity contribution >= 4 is 16.8 Å². The highest BCUT2D eigenvalue weighted by Crippen LogP contribution is 2.40. The first kappa shape index (κ1) is 31.3. The third-order valence-electron chi connectivity index (χ3n) is 8.12. The Morgan fingerprint density at radius 3 is 2.10 bits per heavy atom. The van der Waals surface area contributed by atoms with Gasteiger partial charge in [0.2, 0.25) is 0 Å². The van der Waals surface area contributed by atoms with Crippen LogP contribution in [0.3, 0.4) is 0 Å². The summed E-state index contributed by atoms with van der Waals surface area (Å²) in [4.78, 5) is 18.8. The molecule has 0 spiro atoms. The lowest BCUT2D eigenvalue weighted by Crippen LogP contribution is -2.53. The van der Waals surface area contributed by atoms with Crippen LogP contribution in [0.25, 0.3) is 0 Å². The van der Waals surface area contributed by atoms with Crippen LogP contribution in [0, 0.1) is 12.7 Å². The maximum atomic E-state index is 13.9. The number of benzene rings is 2. The van der Waals surface area contributed by atoms with E-state index in [1.807, 2.05) is 0 Å². The molecule has 2 saturated heterocycles. The van der Waals surface area contributed by atoms with Crippen molar-refractivity contribution in [2.75, 3.05) is 38.2 Å². The van der Waals surface area contributed by atoms with E-state index in [1.165, 1.54) is 26.1 Å². The summed E-state index contributed by atoms with van der Waals surface area (Å²) in [5, 5.41) is 0. The fourth-order valence-corrected chi connectivity index (χ4v) is 6.72. The summed E-state index contributed by atoms with van der Waals surface area (Å²) in [6, 6.07) is 3.48. The molecule has 2 aromatic carbocycles. The van der Waals surface area contributed by atoms with E-state index in [0.29, 0.717) is 60.7 Å². The van der Waals surface area contributed by atoms with Crippen LogP contribution in [0.1, 0.15) is 59.7 Å². The van der Waals surface area contributed by atoms with Gasteiger partial charge in [0.1, 0.15) is 5.82 Å². The second-order valence-electron chi connectivity index (χ2n) is 10.7. The number of alkyl halides is 6. The molecule has 41 heavy (non-hydrogen) atoms. The highest BCUT2D eigenvalue weighted by atomic mass is 32.2. The number of urea groups is 1. The first-order valence-electron chi connectivity index (χ1n) is 13.2. The fraction of sp³-hybridized carbons (Fsp3) is 0.536. The average Bonchev–Trinajstić information content (AvgIpc) is 2.91. The Kier molecular flexibility index (Phi) is 9.08. The SMILES string of the molecule is Cc1cc(F)ccc1[C@H]1C[C@@H](N2CCS(=O)CC2)CCN1C(=O)N(C)[C@H](C)c1cc(C(F)(F)F)cc(C(F)(F)F)c1. The molecule has 13 heteroatoms. The second kappa shape index (κ2) is 11.9. The van der Waals surface area contributed by atoms with Crippen molar-refractivity contribution in [3.63, 3.8) is 0 Å². The number of carbonyl (C=O) groups is 1. The van der Waals surface area contributed by atoms with Crippen molar-refractivity contribution in [1.29, 1.82) is 0 Å². The first-order valence-corrected chi connectivity index (χ1v) is 14.7. The van der Waals surface area contributed by atoms with Crippen molar-refractivity contribution in [3.8, 4) is 0 Å². The lowest BCUT2D eigenvalue weighted by atomic mass is 9.88. The predicted octanol–water partition coefficient (Wildman–Crippen LogP) is 6.55. The molecule has 2 aromatic rings. The number of carbonyl (C=O) groups excluding carboxylic acids is 1. The largest absolute Gasteiger partial charge is 0.416 e. The highest BCUT2D eigenvalue weighted by molar-refractivity contribution is 7.85. The van der Waals surface area contributed by atoms with Gasteiger partial charge < -0.3 is 9.80 Å². The number of hydrogen-bond acceptors (Lipinski definition) is 3. The smallest absolute Gasteiger partial charge is 0.321 e. The van der Waals surface area contributed by atoms with E-state index in [0.717, 1.165) is 4.90 Å². The van der Waals surface area contributed by atoms with Gasteiger partial charge >= 0.3 is 18.4 Å². The fourth-order valence-electron chi connectivity index (χ4n) is 5.64. The van der Waals surface area contributed by atoms with Crippen LogP contribution in [0.15, 0.2) is 36.4 Å². The lowest BCUT2D eigenvalue weighted by Gasteiger charge is -2.46. The number of amides is 2. The lowest BCUT2D eigenvalue weighted by molar-refractivity contribution is -0.143. The average molecular weight is 608 g/mol. The molecule has 4 rings (SSSR count). The van der Waals surface area contributed by atoms with Crippen molar-refractivity contribution in [1.82, 2.24) is 14.7 Å². The number of likely N-dealkylation sites (tertiary alicyclic amines) is 1. The molecule has 0 radical (unpaired) electrons. The third kappa shape index (κ3) is 7.04. The Hall–Kier alpha value is -2.67. The highest BCUT2D eigenvalue weighted by Gasteiger charge is 2.40. The number of rotatable bonds is 4. The van der Waals surface area contributed by atoms with Crippen LogP contribution in [0.4, 0.5) is 35.5 Å². The molecule has 3 atom stereocenters. The maximum absolute atomic E-state index is 13.9. The summed E-state index contributed by atoms with van der Waals surface area (Å²) in [6.45, 7) is 4.68. The molecule has 2 aliphatic rings. The zero-order valence-corrected chi connectivity index (χ0v) is 23.7. The normalized spacial score (nSPS) is 22.0. The van der Waals surface area contributed by atoms with Gasteiger partial charge in [-0.15, -0.1) is 0 Å². The minimum absolute atomic E-state index is 0.0614. The number of hydrogen-bond donors (Lipinski definition) is 0. The van der Waals surface area contributed by atoms with Crippen LogP contribution in [-0.2, 0) is 23.2 Å². The molecule has 0 unspecified atom stereocenters. The molecule has 5 nitrogen and oxygen atoms in total. The zero-order valence-electron chi connectivity index (χ0n) is 22.9. The third-order valence-corrected chi connectivity index (χ3v) is 9.39. The molecule has 0 bridgehead atoms. The number of aryl methyl sites for hydroxylation is 1. The molecule has 0 N–H and O–H groups in total. The second-order valence-corrected chi connectivity index (χ2v) is 12.4. The van der Waals surface area contributed by atoms with Crippen LogP contribution in [-0.4, -0.2) is 69.2 Å². The minimum Gasteiger partial charge on any atom is -0.321 e. The van der Waals surface area contributed by atoms with E-state index in [4.69, 9.17) is 0 Å². The van der Waals surface area contributed by atoms with Crippen LogP contribution in [0.2, 0.25) is 0 Å². The molecular weight excluding hydrogens is 575 g/mol. The van der Waals surface area contributed by atoms with E-state index in [1.54, 1.807) is 17.9 Å². The summed E-state index contributed by atoms with van der Waals surface area (Å²) in [5.74, 6) is 0.665. The van der Waals surface area contributed by atoms with Gasteiger partial charge in [0.25, 0.3) is 0 Å². The van der Waals surface area contributed by atoms with E-state index in [9.17, 15) is 39.7 Å². The Bertz CT molecular complexity index is 1260. The zero-order chi connectivity index (χ0) is 30.3. The number of halogens is 7. The van der Waals surface area contributed by atoms with Gasteiger partial charge in [-0.2, -0.15) is 26.3 Å². The molecule has 2 heterocycles. The molecule has 2 aliphatic heterocycles. The summed E-state index contributed by atoms with van der Waals surface area (Å²) >= 11 is 0. The van der Waals surface area contributed by atoms with Crippen LogP contribution < -0.4 is 0 Å². The first-order chi connectivity index (χ1) is 19.1. The quantitative estimate of drug-likeness (QED) is 0.370. The molecule has 226 valence electrons. The van der Waals surface area contributed by atoms with Gasteiger partial charge in [-0.25, -0.2) is 9.18 Å². The Morgan fingerprint density at radius 2 is 1.56 bits per heavy atom. The summed E-state index contributed by atoms with van der Waals surface area (Å²) < 4.78 is 107. The van der Waals surface area contributed by atoms with Crippen LogP contribution in [0.5, 0.6) is 0 Å². The van der Waals surface area contributed by atoms with E-state index >= 15 is 0 Å². The topological polar surface area (TPSA) is 43.9 Å². The van der Waals surface area contributed by atoms with Gasteiger partial charge in [-0.1, -0.05) is 6.07 Å². The molecular formula is C28H32F7N3O2S. The molecule has 0 aromatic heterocycles. The van der Waals surface area contributed by atoms with Crippen molar-refractivity contribution in [2.45, 2.75) is 57.2 Å². The number of nitrogens with zero attached hydrogens (tertiary/aromatic N) is 3. The predicted molar refractivity (Wildman–Crippen MR) is 141 cm³/mol. The van der Waals surface area contributed by atoms with E-state index < -0.39 is 58.2 Å². The van der Waals surface area contributed by atoms with Gasteiger partial charge in [0, 0.05) is 55.0 Å².